The predicted molar refractivity (Wildman–Crippen MR) is 110 cm³/mol. The number of piperazine rings is 1. The van der Waals surface area contributed by atoms with Gasteiger partial charge in [0.25, 0.3) is 10.0 Å². The van der Waals surface area contributed by atoms with E-state index in [1.54, 1.807) is 36.4 Å². The summed E-state index contributed by atoms with van der Waals surface area (Å²) in [5.41, 5.74) is 2.59. The first kappa shape index (κ1) is 18.8. The third kappa shape index (κ3) is 4.14. The number of nitrogens with one attached hydrogen (secondary N) is 1. The van der Waals surface area contributed by atoms with Crippen molar-refractivity contribution in [3.05, 3.63) is 54.1 Å². The number of carbonyl (C=O) groups is 1. The lowest BCUT2D eigenvalue weighted by Crippen LogP contribution is -2.49. The third-order valence-corrected chi connectivity index (χ3v) is 6.73. The summed E-state index contributed by atoms with van der Waals surface area (Å²) in [7, 11) is -3.59. The number of sulfonamides is 1. The van der Waals surface area contributed by atoms with Crippen LogP contribution in [0, 0.1) is 12.8 Å². The molecule has 1 saturated heterocycles. The van der Waals surface area contributed by atoms with E-state index in [1.807, 2.05) is 24.0 Å². The van der Waals surface area contributed by atoms with Gasteiger partial charge >= 0.3 is 0 Å². The minimum Gasteiger partial charge on any atom is -0.368 e. The van der Waals surface area contributed by atoms with Crippen molar-refractivity contribution in [1.82, 2.24) is 4.90 Å². The molecule has 0 aromatic heterocycles. The van der Waals surface area contributed by atoms with Crippen LogP contribution >= 0.6 is 0 Å². The second kappa shape index (κ2) is 7.47. The van der Waals surface area contributed by atoms with Gasteiger partial charge in [0.1, 0.15) is 0 Å². The molecule has 2 aromatic carbocycles. The number of hydrogen-bond donors (Lipinski definition) is 1. The molecule has 0 atom stereocenters. The maximum absolute atomic E-state index is 12.5. The number of aryl methyl sites for hydroxylation is 1. The smallest absolute Gasteiger partial charge is 0.261 e. The van der Waals surface area contributed by atoms with Gasteiger partial charge in [-0.25, -0.2) is 8.42 Å². The fraction of sp³-hybridized carbons (Fsp3) is 0.381. The molecule has 1 heterocycles. The third-order valence-electron chi connectivity index (χ3n) is 5.33. The van der Waals surface area contributed by atoms with Crippen LogP contribution in [0.3, 0.4) is 0 Å². The fourth-order valence-electron chi connectivity index (χ4n) is 3.45. The van der Waals surface area contributed by atoms with Crippen molar-refractivity contribution >= 4 is 27.3 Å². The number of rotatable bonds is 5. The maximum Gasteiger partial charge on any atom is 0.261 e. The normalized spacial score (nSPS) is 17.5. The molecule has 0 spiro atoms. The molecular formula is C21H25N3O3S. The van der Waals surface area contributed by atoms with E-state index in [1.165, 1.54) is 0 Å². The van der Waals surface area contributed by atoms with Crippen LogP contribution in [0.15, 0.2) is 53.4 Å². The van der Waals surface area contributed by atoms with Crippen molar-refractivity contribution in [2.75, 3.05) is 35.8 Å². The molecule has 7 heteroatoms. The van der Waals surface area contributed by atoms with E-state index in [0.717, 1.165) is 50.3 Å². The predicted octanol–water partition coefficient (Wildman–Crippen LogP) is 2.85. The molecule has 28 heavy (non-hydrogen) atoms. The van der Waals surface area contributed by atoms with Gasteiger partial charge in [-0.1, -0.05) is 17.7 Å². The summed E-state index contributed by atoms with van der Waals surface area (Å²) < 4.78 is 27.6. The van der Waals surface area contributed by atoms with E-state index in [0.29, 0.717) is 11.6 Å². The molecule has 2 aromatic rings. The summed E-state index contributed by atoms with van der Waals surface area (Å²) in [5, 5.41) is 0. The van der Waals surface area contributed by atoms with Crippen molar-refractivity contribution in [1.29, 1.82) is 0 Å². The molecule has 1 N–H and O–H groups in total. The lowest BCUT2D eigenvalue weighted by Gasteiger charge is -2.36. The van der Waals surface area contributed by atoms with Crippen molar-refractivity contribution in [2.24, 2.45) is 5.92 Å². The topological polar surface area (TPSA) is 69.7 Å². The highest BCUT2D eigenvalue weighted by molar-refractivity contribution is 7.92. The molecule has 0 bridgehead atoms. The first-order valence-electron chi connectivity index (χ1n) is 9.66. The summed E-state index contributed by atoms with van der Waals surface area (Å²) >= 11 is 0. The molecule has 6 nitrogen and oxygen atoms in total. The quantitative estimate of drug-likeness (QED) is 0.839. The van der Waals surface area contributed by atoms with E-state index in [2.05, 4.69) is 9.62 Å². The van der Waals surface area contributed by atoms with Gasteiger partial charge in [-0.2, -0.15) is 0 Å². The molecule has 1 aliphatic carbocycles. The average Bonchev–Trinajstić information content (AvgIpc) is 3.54. The number of anilines is 2. The maximum atomic E-state index is 12.5. The molecule has 2 fully saturated rings. The van der Waals surface area contributed by atoms with E-state index >= 15 is 0 Å². The highest BCUT2D eigenvalue weighted by Crippen LogP contribution is 2.31. The zero-order chi connectivity index (χ0) is 19.7. The summed E-state index contributed by atoms with van der Waals surface area (Å²) in [5.74, 6) is 0.577. The molecular weight excluding hydrogens is 374 g/mol. The standard InChI is InChI=1S/C21H25N3O3S/c1-16-2-10-20(11-3-16)28(26,27)22-18-6-8-19(9-7-18)23-12-14-24(15-13-23)21(25)17-4-5-17/h2-3,6-11,17,22H,4-5,12-15H2,1H3. The number of benzene rings is 2. The number of amides is 1. The molecule has 148 valence electrons. The highest BCUT2D eigenvalue weighted by atomic mass is 32.2. The molecule has 1 amide bonds. The molecule has 2 aliphatic rings. The lowest BCUT2D eigenvalue weighted by atomic mass is 10.2. The van der Waals surface area contributed by atoms with Gasteiger partial charge in [-0.15, -0.1) is 0 Å². The largest absolute Gasteiger partial charge is 0.368 e. The summed E-state index contributed by atoms with van der Waals surface area (Å²) in [6.45, 7) is 5.01. The van der Waals surface area contributed by atoms with Gasteiger partial charge in [0, 0.05) is 43.5 Å². The number of nitrogens with zero attached hydrogens (tertiary/aromatic N) is 2. The minimum absolute atomic E-state index is 0.249. The van der Waals surface area contributed by atoms with Crippen molar-refractivity contribution in [3.8, 4) is 0 Å². The monoisotopic (exact) mass is 399 g/mol. The van der Waals surface area contributed by atoms with Crippen molar-refractivity contribution in [3.63, 3.8) is 0 Å². The average molecular weight is 400 g/mol. The molecule has 1 saturated carbocycles. The van der Waals surface area contributed by atoms with Gasteiger partial charge in [0.05, 0.1) is 4.90 Å². The van der Waals surface area contributed by atoms with Crippen molar-refractivity contribution < 1.29 is 13.2 Å². The number of hydrogen-bond acceptors (Lipinski definition) is 4. The molecule has 0 unspecified atom stereocenters. The van der Waals surface area contributed by atoms with Gasteiger partial charge in [0.2, 0.25) is 5.91 Å². The second-order valence-electron chi connectivity index (χ2n) is 7.55. The van der Waals surface area contributed by atoms with Crippen LogP contribution in [-0.2, 0) is 14.8 Å². The van der Waals surface area contributed by atoms with E-state index in [-0.39, 0.29) is 10.8 Å². The van der Waals surface area contributed by atoms with Gasteiger partial charge in [-0.05, 0) is 56.2 Å². The van der Waals surface area contributed by atoms with E-state index < -0.39 is 10.0 Å². The fourth-order valence-corrected chi connectivity index (χ4v) is 4.50. The first-order valence-corrected chi connectivity index (χ1v) is 11.1. The SMILES string of the molecule is Cc1ccc(S(=O)(=O)Nc2ccc(N3CCN(C(=O)C4CC4)CC3)cc2)cc1. The van der Waals surface area contributed by atoms with Crippen LogP contribution in [0.2, 0.25) is 0 Å². The van der Waals surface area contributed by atoms with Gasteiger partial charge in [-0.3, -0.25) is 9.52 Å². The van der Waals surface area contributed by atoms with Crippen LogP contribution in [0.1, 0.15) is 18.4 Å². The molecule has 1 aliphatic heterocycles. The highest BCUT2D eigenvalue weighted by Gasteiger charge is 2.34. The first-order chi connectivity index (χ1) is 13.4. The zero-order valence-corrected chi connectivity index (χ0v) is 16.8. The second-order valence-corrected chi connectivity index (χ2v) is 9.23. The Labute approximate surface area is 166 Å². The van der Waals surface area contributed by atoms with Crippen LogP contribution in [0.25, 0.3) is 0 Å². The number of carbonyl (C=O) groups excluding carboxylic acids is 1. The van der Waals surface area contributed by atoms with E-state index in [4.69, 9.17) is 0 Å². The van der Waals surface area contributed by atoms with Crippen LogP contribution in [-0.4, -0.2) is 45.4 Å². The Morgan fingerprint density at radius 3 is 2.11 bits per heavy atom. The Bertz CT molecular complexity index is 943. The summed E-state index contributed by atoms with van der Waals surface area (Å²) in [6, 6.07) is 14.2. The lowest BCUT2D eigenvalue weighted by molar-refractivity contribution is -0.132. The van der Waals surface area contributed by atoms with Gasteiger partial charge < -0.3 is 9.80 Å². The van der Waals surface area contributed by atoms with E-state index in [9.17, 15) is 13.2 Å². The van der Waals surface area contributed by atoms with Gasteiger partial charge in [0.15, 0.2) is 0 Å². The molecule has 0 radical (unpaired) electrons. The minimum atomic E-state index is -3.59. The summed E-state index contributed by atoms with van der Waals surface area (Å²) in [4.78, 5) is 16.6. The Morgan fingerprint density at radius 2 is 1.54 bits per heavy atom. The van der Waals surface area contributed by atoms with Crippen LogP contribution in [0.4, 0.5) is 11.4 Å². The Balaban J connectivity index is 1.37. The Kier molecular flexibility index (Phi) is 5.02. The Hall–Kier alpha value is -2.54. The Morgan fingerprint density at radius 1 is 0.929 bits per heavy atom. The van der Waals surface area contributed by atoms with Crippen molar-refractivity contribution in [2.45, 2.75) is 24.7 Å². The van der Waals surface area contributed by atoms with Crippen LogP contribution in [0.5, 0.6) is 0 Å². The van der Waals surface area contributed by atoms with Crippen LogP contribution < -0.4 is 9.62 Å². The summed E-state index contributed by atoms with van der Waals surface area (Å²) in [6.07, 6.45) is 2.08. The zero-order valence-electron chi connectivity index (χ0n) is 16.0. The molecule has 4 rings (SSSR count).